The third-order valence-electron chi connectivity index (χ3n) is 3.12. The first kappa shape index (κ1) is 13.0. The maximum Gasteiger partial charge on any atom is 0.303 e. The highest BCUT2D eigenvalue weighted by Crippen LogP contribution is 2.21. The van der Waals surface area contributed by atoms with Gasteiger partial charge in [0, 0.05) is 13.5 Å². The summed E-state index contributed by atoms with van der Waals surface area (Å²) >= 11 is 0. The molecule has 0 radical (unpaired) electrons. The molecule has 0 aliphatic carbocycles. The number of likely N-dealkylation sites (N-methyl/N-ethyl adjacent to an activating group) is 1. The van der Waals surface area contributed by atoms with E-state index in [4.69, 9.17) is 5.11 Å². The van der Waals surface area contributed by atoms with Gasteiger partial charge in [-0.05, 0) is 38.3 Å². The summed E-state index contributed by atoms with van der Waals surface area (Å²) < 4.78 is 0. The Bertz CT molecular complexity index is 248. The van der Waals surface area contributed by atoms with E-state index < -0.39 is 5.97 Å². The summed E-state index contributed by atoms with van der Waals surface area (Å²) in [6.07, 6.45) is 3.04. The summed E-state index contributed by atoms with van der Waals surface area (Å²) in [5, 5.41) is 11.2. The zero-order valence-electron chi connectivity index (χ0n) is 9.74. The second-order valence-electron chi connectivity index (χ2n) is 4.33. The van der Waals surface area contributed by atoms with E-state index in [-0.39, 0.29) is 12.3 Å². The van der Waals surface area contributed by atoms with Crippen LogP contribution in [0.25, 0.3) is 0 Å². The zero-order valence-corrected chi connectivity index (χ0v) is 9.74. The van der Waals surface area contributed by atoms with Gasteiger partial charge in [0.1, 0.15) is 0 Å². The minimum absolute atomic E-state index is 0.0454. The minimum Gasteiger partial charge on any atom is -0.481 e. The summed E-state index contributed by atoms with van der Waals surface area (Å²) in [5.41, 5.74) is 0. The second kappa shape index (κ2) is 6.48. The molecule has 0 saturated carbocycles. The number of carbonyl (C=O) groups is 2. The third kappa shape index (κ3) is 4.61. The molecule has 1 amide bonds. The predicted molar refractivity (Wildman–Crippen MR) is 60.1 cm³/mol. The molecule has 0 atom stereocenters. The summed E-state index contributed by atoms with van der Waals surface area (Å²) in [6.45, 7) is 2.26. The molecule has 1 heterocycles. The molecule has 0 aromatic carbocycles. The average Bonchev–Trinajstić information content (AvgIpc) is 2.28. The fraction of sp³-hybridized carbons (Fsp3) is 0.818. The molecule has 1 rings (SSSR count). The number of piperidine rings is 1. The SMILES string of the molecule is CNC(=O)CN1CCC(CCC(=O)O)CC1. The van der Waals surface area contributed by atoms with E-state index in [0.717, 1.165) is 32.4 Å². The van der Waals surface area contributed by atoms with E-state index in [1.165, 1.54) is 0 Å². The van der Waals surface area contributed by atoms with Gasteiger partial charge in [-0.2, -0.15) is 0 Å². The van der Waals surface area contributed by atoms with Crippen molar-refractivity contribution in [3.8, 4) is 0 Å². The maximum atomic E-state index is 11.1. The number of nitrogens with zero attached hydrogens (tertiary/aromatic N) is 1. The summed E-state index contributed by atoms with van der Waals surface area (Å²) in [6, 6.07) is 0. The van der Waals surface area contributed by atoms with Crippen LogP contribution in [0.4, 0.5) is 0 Å². The number of hydrogen-bond acceptors (Lipinski definition) is 3. The molecule has 92 valence electrons. The van der Waals surface area contributed by atoms with Crippen LogP contribution in [0.1, 0.15) is 25.7 Å². The first-order valence-electron chi connectivity index (χ1n) is 5.76. The largest absolute Gasteiger partial charge is 0.481 e. The Balaban J connectivity index is 2.18. The molecule has 2 N–H and O–H groups in total. The van der Waals surface area contributed by atoms with Gasteiger partial charge in [-0.25, -0.2) is 0 Å². The molecule has 0 bridgehead atoms. The van der Waals surface area contributed by atoms with Gasteiger partial charge in [0.05, 0.1) is 6.54 Å². The number of carboxylic acids is 1. The molecule has 5 heteroatoms. The van der Waals surface area contributed by atoms with Crippen molar-refractivity contribution in [1.82, 2.24) is 10.2 Å². The lowest BCUT2D eigenvalue weighted by atomic mass is 9.92. The lowest BCUT2D eigenvalue weighted by molar-refractivity contribution is -0.137. The van der Waals surface area contributed by atoms with Crippen molar-refractivity contribution in [3.63, 3.8) is 0 Å². The normalized spacial score (nSPS) is 18.3. The summed E-state index contributed by atoms with van der Waals surface area (Å²) in [4.78, 5) is 23.7. The summed E-state index contributed by atoms with van der Waals surface area (Å²) in [7, 11) is 1.64. The number of carboxylic acid groups (broad SMARTS) is 1. The van der Waals surface area contributed by atoms with Crippen molar-refractivity contribution in [2.75, 3.05) is 26.7 Å². The molecule has 1 aliphatic heterocycles. The molecule has 1 fully saturated rings. The number of nitrogens with one attached hydrogen (secondary N) is 1. The fourth-order valence-corrected chi connectivity index (χ4v) is 2.04. The number of amides is 1. The molecule has 0 unspecified atom stereocenters. The van der Waals surface area contributed by atoms with Gasteiger partial charge >= 0.3 is 5.97 Å². The Morgan fingerprint density at radius 2 is 2.00 bits per heavy atom. The van der Waals surface area contributed by atoms with Crippen LogP contribution in [0.3, 0.4) is 0 Å². The van der Waals surface area contributed by atoms with Gasteiger partial charge in [0.2, 0.25) is 5.91 Å². The molecule has 0 aromatic heterocycles. The van der Waals surface area contributed by atoms with Gasteiger partial charge in [-0.3, -0.25) is 14.5 Å². The number of aliphatic carboxylic acids is 1. The van der Waals surface area contributed by atoms with Crippen molar-refractivity contribution in [3.05, 3.63) is 0 Å². The predicted octanol–water partition coefficient (Wildman–Crippen LogP) is 0.309. The monoisotopic (exact) mass is 228 g/mol. The Morgan fingerprint density at radius 3 is 2.50 bits per heavy atom. The molecular formula is C11H20N2O3. The van der Waals surface area contributed by atoms with Crippen LogP contribution in [0, 0.1) is 5.92 Å². The van der Waals surface area contributed by atoms with Gasteiger partial charge in [-0.1, -0.05) is 0 Å². The third-order valence-corrected chi connectivity index (χ3v) is 3.12. The van der Waals surface area contributed by atoms with Crippen molar-refractivity contribution < 1.29 is 14.7 Å². The molecule has 5 nitrogen and oxygen atoms in total. The van der Waals surface area contributed by atoms with Gasteiger partial charge in [0.25, 0.3) is 0 Å². The van der Waals surface area contributed by atoms with Crippen LogP contribution in [-0.4, -0.2) is 48.6 Å². The topological polar surface area (TPSA) is 69.6 Å². The minimum atomic E-state index is -0.715. The van der Waals surface area contributed by atoms with E-state index >= 15 is 0 Å². The van der Waals surface area contributed by atoms with Crippen molar-refractivity contribution in [1.29, 1.82) is 0 Å². The first-order chi connectivity index (χ1) is 7.61. The molecule has 0 spiro atoms. The zero-order chi connectivity index (χ0) is 12.0. The number of hydrogen-bond donors (Lipinski definition) is 2. The highest BCUT2D eigenvalue weighted by atomic mass is 16.4. The van der Waals surface area contributed by atoms with Crippen LogP contribution in [0.5, 0.6) is 0 Å². The Kier molecular flexibility index (Phi) is 5.25. The van der Waals surface area contributed by atoms with Crippen LogP contribution in [0.2, 0.25) is 0 Å². The number of rotatable bonds is 5. The van der Waals surface area contributed by atoms with E-state index in [0.29, 0.717) is 12.5 Å². The highest BCUT2D eigenvalue weighted by Gasteiger charge is 2.20. The Hall–Kier alpha value is -1.10. The van der Waals surface area contributed by atoms with E-state index in [9.17, 15) is 9.59 Å². The molecule has 0 aromatic rings. The standard InChI is InChI=1S/C11H20N2O3/c1-12-10(14)8-13-6-4-9(5-7-13)2-3-11(15)16/h9H,2-8H2,1H3,(H,12,14)(H,15,16). The van der Waals surface area contributed by atoms with Crippen molar-refractivity contribution in [2.45, 2.75) is 25.7 Å². The van der Waals surface area contributed by atoms with Gasteiger partial charge in [-0.15, -0.1) is 0 Å². The van der Waals surface area contributed by atoms with Gasteiger partial charge < -0.3 is 10.4 Å². The van der Waals surface area contributed by atoms with E-state index in [1.807, 2.05) is 0 Å². The number of carbonyl (C=O) groups excluding carboxylic acids is 1. The van der Waals surface area contributed by atoms with E-state index in [2.05, 4.69) is 10.2 Å². The lowest BCUT2D eigenvalue weighted by Crippen LogP contribution is -2.40. The molecule has 1 aliphatic rings. The number of likely N-dealkylation sites (tertiary alicyclic amines) is 1. The van der Waals surface area contributed by atoms with Crippen LogP contribution < -0.4 is 5.32 Å². The maximum absolute atomic E-state index is 11.1. The fourth-order valence-electron chi connectivity index (χ4n) is 2.04. The van der Waals surface area contributed by atoms with E-state index in [1.54, 1.807) is 7.05 Å². The molecule has 1 saturated heterocycles. The smallest absolute Gasteiger partial charge is 0.303 e. The first-order valence-corrected chi connectivity index (χ1v) is 5.76. The van der Waals surface area contributed by atoms with Crippen LogP contribution >= 0.6 is 0 Å². The van der Waals surface area contributed by atoms with Crippen molar-refractivity contribution in [2.24, 2.45) is 5.92 Å². The van der Waals surface area contributed by atoms with Crippen LogP contribution in [0.15, 0.2) is 0 Å². The highest BCUT2D eigenvalue weighted by molar-refractivity contribution is 5.77. The Morgan fingerprint density at radius 1 is 1.38 bits per heavy atom. The van der Waals surface area contributed by atoms with Crippen molar-refractivity contribution >= 4 is 11.9 Å². The quantitative estimate of drug-likeness (QED) is 0.710. The average molecular weight is 228 g/mol. The van der Waals surface area contributed by atoms with Crippen LogP contribution in [-0.2, 0) is 9.59 Å². The second-order valence-corrected chi connectivity index (χ2v) is 4.33. The molecule has 16 heavy (non-hydrogen) atoms. The summed E-state index contributed by atoms with van der Waals surface area (Å²) in [5.74, 6) is -0.159. The van der Waals surface area contributed by atoms with Gasteiger partial charge in [0.15, 0.2) is 0 Å². The molecular weight excluding hydrogens is 208 g/mol. The Labute approximate surface area is 95.8 Å². The lowest BCUT2D eigenvalue weighted by Gasteiger charge is -2.31.